The van der Waals surface area contributed by atoms with Gasteiger partial charge in [-0.3, -0.25) is 9.59 Å². The molecule has 1 aliphatic rings. The third kappa shape index (κ3) is 9.05. The molecule has 1 atom stereocenters. The van der Waals surface area contributed by atoms with E-state index in [0.29, 0.717) is 12.1 Å². The minimum atomic E-state index is -4.83. The van der Waals surface area contributed by atoms with Crippen LogP contribution in [0.5, 0.6) is 0 Å². The molecule has 1 unspecified atom stereocenters. The van der Waals surface area contributed by atoms with Gasteiger partial charge in [0.05, 0.1) is 38.6 Å². The first-order chi connectivity index (χ1) is 18.4. The lowest BCUT2D eigenvalue weighted by Gasteiger charge is -2.18. The summed E-state index contributed by atoms with van der Waals surface area (Å²) in [6.07, 6.45) is -9.04. The summed E-state index contributed by atoms with van der Waals surface area (Å²) in [5.41, 5.74) is -2.91. The van der Waals surface area contributed by atoms with E-state index < -0.39 is 47.9 Å². The first-order valence-corrected chi connectivity index (χ1v) is 12.4. The van der Waals surface area contributed by atoms with Crippen molar-refractivity contribution >= 4 is 53.1 Å². The van der Waals surface area contributed by atoms with Crippen LogP contribution in [0.15, 0.2) is 36.4 Å². The molecule has 0 aliphatic heterocycles. The first-order valence-electron chi connectivity index (χ1n) is 11.3. The highest BCUT2D eigenvalue weighted by Gasteiger charge is 2.48. The molecular formula is C25H21Cl3F8N2O2. The predicted octanol–water partition coefficient (Wildman–Crippen LogP) is 7.96. The number of rotatable bonds is 8. The van der Waals surface area contributed by atoms with Gasteiger partial charge >= 0.3 is 12.4 Å². The van der Waals surface area contributed by atoms with Crippen LogP contribution in [0.3, 0.4) is 0 Å². The average molecular weight is 640 g/mol. The summed E-state index contributed by atoms with van der Waals surface area (Å²) < 4.78 is 103. The molecule has 1 aliphatic carbocycles. The maximum atomic E-state index is 13.5. The first kappa shape index (κ1) is 33.8. The second-order valence-corrected chi connectivity index (χ2v) is 9.76. The molecule has 0 spiro atoms. The second kappa shape index (κ2) is 13.5. The largest absolute Gasteiger partial charge is 0.417 e. The summed E-state index contributed by atoms with van der Waals surface area (Å²) in [4.78, 5) is 21.9. The summed E-state index contributed by atoms with van der Waals surface area (Å²) in [7, 11) is 1.66. The minimum Gasteiger partial charge on any atom is -0.349 e. The van der Waals surface area contributed by atoms with Gasteiger partial charge in [-0.25, -0.2) is 8.78 Å². The molecule has 3 rings (SSSR count). The number of benzene rings is 2. The summed E-state index contributed by atoms with van der Waals surface area (Å²) in [5.74, 6) is -2.51. The molecule has 2 N–H and O–H groups in total. The number of alkyl halides is 8. The Hall–Kier alpha value is -2.41. The number of hydrogen-bond donors (Lipinski definition) is 2. The average Bonchev–Trinajstić information content (AvgIpc) is 3.66. The zero-order valence-electron chi connectivity index (χ0n) is 20.4. The van der Waals surface area contributed by atoms with Crippen molar-refractivity contribution in [2.24, 2.45) is 0 Å². The molecule has 2 aromatic rings. The van der Waals surface area contributed by atoms with Crippen molar-refractivity contribution in [3.63, 3.8) is 0 Å². The van der Waals surface area contributed by atoms with E-state index in [-0.39, 0.29) is 38.4 Å². The number of halogens is 11. The molecule has 0 radical (unpaired) electrons. The molecule has 0 saturated heterocycles. The fraction of sp³-hybridized carbons (Fsp3) is 0.360. The third-order valence-corrected chi connectivity index (χ3v) is 6.99. The number of likely N-dealkylation sites (N-methyl/N-ethyl adjacent to an activating group) is 1. The Labute approximate surface area is 238 Å². The normalized spacial score (nSPS) is 15.4. The van der Waals surface area contributed by atoms with Crippen LogP contribution in [-0.2, 0) is 11.0 Å². The van der Waals surface area contributed by atoms with Crippen LogP contribution in [0.4, 0.5) is 35.1 Å². The number of amides is 1. The van der Waals surface area contributed by atoms with E-state index in [4.69, 9.17) is 34.8 Å². The highest BCUT2D eigenvalue weighted by Crippen LogP contribution is 2.41. The third-order valence-electron chi connectivity index (χ3n) is 5.79. The molecule has 1 saturated carbocycles. The lowest BCUT2D eigenvalue weighted by Crippen LogP contribution is -2.46. The SMILES string of the molecule is CNC1(C(=O)NCC(F)F)CC1.O=Cc1ccc(/C=C/C(c2cc(Cl)c(Cl)c(Cl)c2)C(F)(F)F)cc1C(F)(F)F. The van der Waals surface area contributed by atoms with Crippen LogP contribution in [0.1, 0.15) is 45.8 Å². The van der Waals surface area contributed by atoms with Gasteiger partial charge in [0, 0.05) is 5.56 Å². The number of allylic oxidation sites excluding steroid dienone is 1. The molecule has 220 valence electrons. The maximum absolute atomic E-state index is 13.5. The van der Waals surface area contributed by atoms with E-state index in [0.717, 1.165) is 43.2 Å². The Bertz CT molecular complexity index is 1220. The summed E-state index contributed by atoms with van der Waals surface area (Å²) in [5, 5.41) is 4.50. The van der Waals surface area contributed by atoms with Crippen LogP contribution in [0.25, 0.3) is 6.08 Å². The van der Waals surface area contributed by atoms with Gasteiger partial charge in [-0.05, 0) is 49.2 Å². The van der Waals surface area contributed by atoms with Gasteiger partial charge in [-0.2, -0.15) is 26.3 Å². The van der Waals surface area contributed by atoms with Crippen molar-refractivity contribution in [1.29, 1.82) is 0 Å². The summed E-state index contributed by atoms with van der Waals surface area (Å²) in [6.45, 7) is -0.553. The number of hydrogen-bond acceptors (Lipinski definition) is 3. The smallest absolute Gasteiger partial charge is 0.349 e. The lowest BCUT2D eigenvalue weighted by atomic mass is 9.96. The second-order valence-electron chi connectivity index (χ2n) is 8.57. The predicted molar refractivity (Wildman–Crippen MR) is 136 cm³/mol. The van der Waals surface area contributed by atoms with Crippen molar-refractivity contribution in [3.05, 3.63) is 73.7 Å². The molecular weight excluding hydrogens is 619 g/mol. The van der Waals surface area contributed by atoms with Crippen LogP contribution < -0.4 is 10.6 Å². The Morgan fingerprint density at radius 3 is 2.02 bits per heavy atom. The molecule has 1 fully saturated rings. The van der Waals surface area contributed by atoms with E-state index in [1.54, 1.807) is 7.05 Å². The van der Waals surface area contributed by atoms with E-state index in [1.165, 1.54) is 0 Å². The zero-order valence-corrected chi connectivity index (χ0v) is 22.6. The Balaban J connectivity index is 0.000000389. The van der Waals surface area contributed by atoms with E-state index in [1.807, 2.05) is 0 Å². The Morgan fingerprint density at radius 1 is 1.02 bits per heavy atom. The molecule has 15 heteroatoms. The Morgan fingerprint density at radius 2 is 1.60 bits per heavy atom. The topological polar surface area (TPSA) is 58.2 Å². The van der Waals surface area contributed by atoms with Gasteiger partial charge in [0.2, 0.25) is 5.91 Å². The van der Waals surface area contributed by atoms with Crippen LogP contribution in [0, 0.1) is 0 Å². The van der Waals surface area contributed by atoms with Gasteiger partial charge in [0.1, 0.15) is 0 Å². The van der Waals surface area contributed by atoms with Crippen molar-refractivity contribution in [3.8, 4) is 0 Å². The molecule has 1 amide bonds. The van der Waals surface area contributed by atoms with Gasteiger partial charge < -0.3 is 10.6 Å². The number of carbonyl (C=O) groups excluding carboxylic acids is 2. The number of nitrogens with one attached hydrogen (secondary N) is 2. The monoisotopic (exact) mass is 638 g/mol. The zero-order chi connectivity index (χ0) is 30.5. The molecule has 0 aromatic heterocycles. The minimum absolute atomic E-state index is 0.0204. The van der Waals surface area contributed by atoms with Crippen molar-refractivity contribution in [1.82, 2.24) is 10.6 Å². The quantitative estimate of drug-likeness (QED) is 0.175. The van der Waals surface area contributed by atoms with E-state index in [2.05, 4.69) is 10.6 Å². The molecule has 40 heavy (non-hydrogen) atoms. The van der Waals surface area contributed by atoms with Crippen molar-refractivity contribution in [2.45, 2.75) is 43.1 Å². The van der Waals surface area contributed by atoms with Crippen molar-refractivity contribution in [2.75, 3.05) is 13.6 Å². The lowest BCUT2D eigenvalue weighted by molar-refractivity contribution is -0.139. The van der Waals surface area contributed by atoms with Gasteiger partial charge in [-0.15, -0.1) is 0 Å². The molecule has 0 heterocycles. The summed E-state index contributed by atoms with van der Waals surface area (Å²) >= 11 is 17.3. The van der Waals surface area contributed by atoms with Gasteiger partial charge in [-0.1, -0.05) is 59.1 Å². The fourth-order valence-corrected chi connectivity index (χ4v) is 4.06. The molecule has 0 bridgehead atoms. The van der Waals surface area contributed by atoms with Crippen LogP contribution in [0.2, 0.25) is 15.1 Å². The van der Waals surface area contributed by atoms with Gasteiger partial charge in [0.15, 0.2) is 6.29 Å². The number of carbonyl (C=O) groups is 2. The molecule has 4 nitrogen and oxygen atoms in total. The highest BCUT2D eigenvalue weighted by atomic mass is 35.5. The maximum Gasteiger partial charge on any atom is 0.417 e. The Kier molecular flexibility index (Phi) is 11.4. The standard InChI is InChI=1S/C18H9Cl3F6O.C7H12F2N2O/c19-14-6-11(7-15(20)16(14)21)12(17(22,23)24)4-2-9-1-3-10(8-28)13(5-9)18(25,26)27;1-10-7(2-3-7)6(12)11-4-5(8)9/h1-8,12H;5,10H,2-4H2,1H3,(H,11,12)/b4-2+;. The van der Waals surface area contributed by atoms with Crippen LogP contribution >= 0.6 is 34.8 Å². The van der Waals surface area contributed by atoms with Gasteiger partial charge in [0.25, 0.3) is 6.43 Å². The van der Waals surface area contributed by atoms with E-state index >= 15 is 0 Å². The summed E-state index contributed by atoms with van der Waals surface area (Å²) in [6, 6.07) is 4.54. The van der Waals surface area contributed by atoms with E-state index in [9.17, 15) is 44.7 Å². The van der Waals surface area contributed by atoms with Crippen molar-refractivity contribution < 1.29 is 44.7 Å². The number of aldehydes is 1. The highest BCUT2D eigenvalue weighted by molar-refractivity contribution is 6.48. The molecule has 2 aromatic carbocycles. The van der Waals surface area contributed by atoms with Crippen LogP contribution in [-0.4, -0.2) is 43.9 Å². The fourth-order valence-electron chi connectivity index (χ4n) is 3.45.